The summed E-state index contributed by atoms with van der Waals surface area (Å²) < 4.78 is 0. The predicted molar refractivity (Wildman–Crippen MR) is 65.0 cm³/mol. The van der Waals surface area contributed by atoms with Crippen LogP contribution in [0, 0.1) is 13.8 Å². The average molecular weight is 209 g/mol. The van der Waals surface area contributed by atoms with Gasteiger partial charge in [-0.2, -0.15) is 0 Å². The summed E-state index contributed by atoms with van der Waals surface area (Å²) in [6.45, 7) is 8.35. The van der Waals surface area contributed by atoms with E-state index in [9.17, 15) is 0 Å². The highest BCUT2D eigenvalue weighted by molar-refractivity contribution is 5.35. The molecule has 5 N–H and O–H groups in total. The number of nitrogens with two attached hydrogens (primary N) is 2. The van der Waals surface area contributed by atoms with Crippen LogP contribution < -0.4 is 11.5 Å². The van der Waals surface area contributed by atoms with Crippen molar-refractivity contribution < 1.29 is 0 Å². The van der Waals surface area contributed by atoms with E-state index < -0.39 is 0 Å². The molecule has 1 rings (SSSR count). The molecule has 2 unspecified atom stereocenters. The first kappa shape index (κ1) is 12.3. The van der Waals surface area contributed by atoms with Crippen LogP contribution in [0.3, 0.4) is 0 Å². The number of hydrogen-bond acceptors (Lipinski definition) is 2. The van der Waals surface area contributed by atoms with Gasteiger partial charge in [-0.05, 0) is 38.8 Å². The van der Waals surface area contributed by atoms with E-state index in [1.54, 1.807) is 0 Å². The molecule has 15 heavy (non-hydrogen) atoms. The van der Waals surface area contributed by atoms with Gasteiger partial charge in [-0.15, -0.1) is 0 Å². The molecule has 0 aromatic carbocycles. The summed E-state index contributed by atoms with van der Waals surface area (Å²) in [6.07, 6.45) is 1.82. The number of aromatic amines is 1. The smallest absolute Gasteiger partial charge is 0.0197 e. The fourth-order valence-corrected chi connectivity index (χ4v) is 1.87. The van der Waals surface area contributed by atoms with Gasteiger partial charge < -0.3 is 16.5 Å². The SMILES string of the molecule is Cc1c(CC(C)N)[nH]c(CC(C)N)c1C. The third kappa shape index (κ3) is 3.08. The van der Waals surface area contributed by atoms with Gasteiger partial charge >= 0.3 is 0 Å². The largest absolute Gasteiger partial charge is 0.362 e. The second-order valence-corrected chi connectivity index (χ2v) is 4.69. The summed E-state index contributed by atoms with van der Waals surface area (Å²) in [5, 5.41) is 0. The molecule has 0 spiro atoms. The number of hydrogen-bond donors (Lipinski definition) is 3. The standard InChI is InChI=1S/C12H23N3/c1-7(13)5-11-9(3)10(4)12(15-11)6-8(2)14/h7-8,15H,5-6,13-14H2,1-4H3. The minimum absolute atomic E-state index is 0.199. The molecule has 0 aliphatic carbocycles. The minimum Gasteiger partial charge on any atom is -0.362 e. The molecule has 0 aliphatic rings. The van der Waals surface area contributed by atoms with Crippen LogP contribution in [0.25, 0.3) is 0 Å². The fraction of sp³-hybridized carbons (Fsp3) is 0.667. The van der Waals surface area contributed by atoms with E-state index >= 15 is 0 Å². The number of H-pyrrole nitrogens is 1. The zero-order valence-corrected chi connectivity index (χ0v) is 10.2. The first-order valence-electron chi connectivity index (χ1n) is 5.59. The Morgan fingerprint density at radius 3 is 1.53 bits per heavy atom. The van der Waals surface area contributed by atoms with Gasteiger partial charge in [0.25, 0.3) is 0 Å². The van der Waals surface area contributed by atoms with Crippen molar-refractivity contribution in [3.8, 4) is 0 Å². The molecule has 3 nitrogen and oxygen atoms in total. The van der Waals surface area contributed by atoms with E-state index in [2.05, 4.69) is 18.8 Å². The van der Waals surface area contributed by atoms with Gasteiger partial charge in [0.15, 0.2) is 0 Å². The highest BCUT2D eigenvalue weighted by Crippen LogP contribution is 2.19. The van der Waals surface area contributed by atoms with E-state index in [1.165, 1.54) is 22.5 Å². The summed E-state index contributed by atoms with van der Waals surface area (Å²) in [6, 6.07) is 0.398. The maximum Gasteiger partial charge on any atom is 0.0197 e. The van der Waals surface area contributed by atoms with Crippen LogP contribution in [0.4, 0.5) is 0 Å². The average Bonchev–Trinajstić information content (AvgIpc) is 2.32. The molecule has 1 aromatic heterocycles. The van der Waals surface area contributed by atoms with Gasteiger partial charge in [0, 0.05) is 36.3 Å². The van der Waals surface area contributed by atoms with Gasteiger partial charge in [0.2, 0.25) is 0 Å². The third-order valence-corrected chi connectivity index (χ3v) is 2.82. The van der Waals surface area contributed by atoms with E-state index in [1.807, 2.05) is 13.8 Å². The van der Waals surface area contributed by atoms with Crippen molar-refractivity contribution >= 4 is 0 Å². The summed E-state index contributed by atoms with van der Waals surface area (Å²) in [5.74, 6) is 0. The van der Waals surface area contributed by atoms with Crippen molar-refractivity contribution in [2.45, 2.75) is 52.6 Å². The maximum absolute atomic E-state index is 5.81. The Kier molecular flexibility index (Phi) is 3.94. The van der Waals surface area contributed by atoms with Gasteiger partial charge in [-0.1, -0.05) is 0 Å². The van der Waals surface area contributed by atoms with Crippen LogP contribution in [0.1, 0.15) is 36.4 Å². The van der Waals surface area contributed by atoms with Crippen LogP contribution in [-0.4, -0.2) is 17.1 Å². The van der Waals surface area contributed by atoms with Gasteiger partial charge in [0.1, 0.15) is 0 Å². The Hall–Kier alpha value is -0.800. The molecule has 0 bridgehead atoms. The Morgan fingerprint density at radius 1 is 0.933 bits per heavy atom. The molecule has 3 heteroatoms. The number of nitrogens with one attached hydrogen (secondary N) is 1. The highest BCUT2D eigenvalue weighted by Gasteiger charge is 2.12. The summed E-state index contributed by atoms with van der Waals surface area (Å²) in [4.78, 5) is 3.45. The fourth-order valence-electron chi connectivity index (χ4n) is 1.87. The Balaban J connectivity index is 2.91. The lowest BCUT2D eigenvalue weighted by Gasteiger charge is -2.04. The zero-order valence-electron chi connectivity index (χ0n) is 10.2. The van der Waals surface area contributed by atoms with E-state index in [0.29, 0.717) is 0 Å². The topological polar surface area (TPSA) is 67.8 Å². The monoisotopic (exact) mass is 209 g/mol. The van der Waals surface area contributed by atoms with Crippen molar-refractivity contribution in [1.29, 1.82) is 0 Å². The molecule has 0 radical (unpaired) electrons. The molecule has 0 aliphatic heterocycles. The molecule has 0 amide bonds. The predicted octanol–water partition coefficient (Wildman–Crippen LogP) is 1.41. The summed E-state index contributed by atoms with van der Waals surface area (Å²) >= 11 is 0. The normalized spacial score (nSPS) is 15.3. The highest BCUT2D eigenvalue weighted by atomic mass is 14.8. The lowest BCUT2D eigenvalue weighted by molar-refractivity contribution is 0.703. The van der Waals surface area contributed by atoms with Crippen molar-refractivity contribution in [2.75, 3.05) is 0 Å². The second-order valence-electron chi connectivity index (χ2n) is 4.69. The van der Waals surface area contributed by atoms with Crippen molar-refractivity contribution in [2.24, 2.45) is 11.5 Å². The Morgan fingerprint density at radius 2 is 1.27 bits per heavy atom. The lowest BCUT2D eigenvalue weighted by atomic mass is 10.1. The minimum atomic E-state index is 0.199. The molecule has 0 fully saturated rings. The van der Waals surface area contributed by atoms with Crippen molar-refractivity contribution in [3.63, 3.8) is 0 Å². The Bertz CT molecular complexity index is 293. The van der Waals surface area contributed by atoms with Gasteiger partial charge in [-0.3, -0.25) is 0 Å². The molecule has 0 saturated carbocycles. The van der Waals surface area contributed by atoms with Gasteiger partial charge in [0.05, 0.1) is 0 Å². The quantitative estimate of drug-likeness (QED) is 0.702. The molecule has 0 saturated heterocycles. The first-order chi connectivity index (χ1) is 6.91. The van der Waals surface area contributed by atoms with Crippen molar-refractivity contribution in [1.82, 2.24) is 4.98 Å². The van der Waals surface area contributed by atoms with E-state index in [0.717, 1.165) is 12.8 Å². The van der Waals surface area contributed by atoms with Crippen LogP contribution in [0.15, 0.2) is 0 Å². The Labute approximate surface area is 92.2 Å². The molecular weight excluding hydrogens is 186 g/mol. The number of aromatic nitrogens is 1. The third-order valence-electron chi connectivity index (χ3n) is 2.82. The second kappa shape index (κ2) is 4.81. The van der Waals surface area contributed by atoms with Crippen LogP contribution >= 0.6 is 0 Å². The molecule has 2 atom stereocenters. The molecule has 86 valence electrons. The zero-order chi connectivity index (χ0) is 11.6. The van der Waals surface area contributed by atoms with Crippen LogP contribution in [-0.2, 0) is 12.8 Å². The lowest BCUT2D eigenvalue weighted by Crippen LogP contribution is -2.19. The van der Waals surface area contributed by atoms with E-state index in [-0.39, 0.29) is 12.1 Å². The van der Waals surface area contributed by atoms with Crippen molar-refractivity contribution in [3.05, 3.63) is 22.5 Å². The maximum atomic E-state index is 5.81. The van der Waals surface area contributed by atoms with Gasteiger partial charge in [-0.25, -0.2) is 0 Å². The number of rotatable bonds is 4. The molecular formula is C12H23N3. The first-order valence-corrected chi connectivity index (χ1v) is 5.59. The molecule has 1 heterocycles. The van der Waals surface area contributed by atoms with Crippen LogP contribution in [0.2, 0.25) is 0 Å². The van der Waals surface area contributed by atoms with E-state index in [4.69, 9.17) is 11.5 Å². The summed E-state index contributed by atoms with van der Waals surface area (Å²) in [5.41, 5.74) is 16.8. The summed E-state index contributed by atoms with van der Waals surface area (Å²) in [7, 11) is 0. The van der Waals surface area contributed by atoms with Crippen LogP contribution in [0.5, 0.6) is 0 Å². The molecule has 1 aromatic rings.